The molecule has 1 atom stereocenters. The number of nitrogens with zero attached hydrogens (tertiary/aromatic N) is 4. The van der Waals surface area contributed by atoms with Crippen molar-refractivity contribution >= 4 is 5.91 Å². The number of hydrogen-bond acceptors (Lipinski definition) is 3. The summed E-state index contributed by atoms with van der Waals surface area (Å²) in [6.07, 6.45) is 7.06. The maximum atomic E-state index is 12.6. The third-order valence-electron chi connectivity index (χ3n) is 4.56. The van der Waals surface area contributed by atoms with Crippen molar-refractivity contribution in [1.29, 1.82) is 0 Å². The Balaban J connectivity index is 1.59. The normalized spacial score (nSPS) is 17.7. The zero-order valence-corrected chi connectivity index (χ0v) is 13.9. The van der Waals surface area contributed by atoms with Crippen molar-refractivity contribution in [3.05, 3.63) is 47.5 Å². The van der Waals surface area contributed by atoms with E-state index in [4.69, 9.17) is 0 Å². The highest BCUT2D eigenvalue weighted by Gasteiger charge is 2.29. The van der Waals surface area contributed by atoms with Crippen LogP contribution in [0.25, 0.3) is 0 Å². The maximum absolute atomic E-state index is 12.6. The van der Waals surface area contributed by atoms with Crippen molar-refractivity contribution in [3.63, 3.8) is 0 Å². The summed E-state index contributed by atoms with van der Waals surface area (Å²) < 4.78 is 2.04. The minimum absolute atomic E-state index is 0.255. The van der Waals surface area contributed by atoms with Crippen LogP contribution in [0.3, 0.4) is 0 Å². The minimum Gasteiger partial charge on any atom is -0.338 e. The van der Waals surface area contributed by atoms with E-state index in [9.17, 15) is 4.79 Å². The van der Waals surface area contributed by atoms with Gasteiger partial charge in [0.05, 0.1) is 18.3 Å². The molecule has 1 aliphatic heterocycles. The molecule has 0 unspecified atom stereocenters. The number of carbonyl (C=O) groups excluding carboxylic acids is 1. The Bertz CT molecular complexity index is 665. The van der Waals surface area contributed by atoms with Crippen LogP contribution >= 0.6 is 0 Å². The number of aromatic nitrogens is 3. The molecule has 2 aromatic rings. The van der Waals surface area contributed by atoms with Gasteiger partial charge >= 0.3 is 0 Å². The lowest BCUT2D eigenvalue weighted by Crippen LogP contribution is -2.38. The Morgan fingerprint density at radius 3 is 2.78 bits per heavy atom. The van der Waals surface area contributed by atoms with Crippen LogP contribution in [0.1, 0.15) is 36.2 Å². The second kappa shape index (κ2) is 6.94. The van der Waals surface area contributed by atoms with Crippen LogP contribution in [0.15, 0.2) is 30.6 Å². The fraction of sp³-hybridized carbons (Fsp3) is 0.500. The number of hydrogen-bond donors (Lipinski definition) is 0. The highest BCUT2D eigenvalue weighted by atomic mass is 16.2. The molecule has 3 heterocycles. The van der Waals surface area contributed by atoms with Crippen molar-refractivity contribution in [2.45, 2.75) is 52.1 Å². The van der Waals surface area contributed by atoms with Gasteiger partial charge in [0.15, 0.2) is 0 Å². The predicted octanol–water partition coefficient (Wildman–Crippen LogP) is 2.52. The molecule has 0 N–H and O–H groups in total. The second-order valence-corrected chi connectivity index (χ2v) is 6.35. The number of rotatable bonds is 5. The standard InChI is InChI=1S/C18H24N4O/c1-14-12-15(2)22(20-14)13-17-4-3-11-21(17)18(23)6-5-16-7-9-19-10-8-16/h7-10,12,17H,3-6,11,13H2,1-2H3/t17-/m0/s1. The molecule has 1 aliphatic rings. The summed E-state index contributed by atoms with van der Waals surface area (Å²) in [6, 6.07) is 6.32. The fourth-order valence-corrected chi connectivity index (χ4v) is 3.36. The zero-order chi connectivity index (χ0) is 16.2. The Hall–Kier alpha value is -2.17. The molecule has 5 nitrogen and oxygen atoms in total. The highest BCUT2D eigenvalue weighted by molar-refractivity contribution is 5.77. The van der Waals surface area contributed by atoms with Gasteiger partial charge in [0.2, 0.25) is 5.91 Å². The van der Waals surface area contributed by atoms with Crippen LogP contribution in [0.5, 0.6) is 0 Å². The van der Waals surface area contributed by atoms with Gasteiger partial charge in [-0.15, -0.1) is 0 Å². The molecule has 1 saturated heterocycles. The Morgan fingerprint density at radius 2 is 2.09 bits per heavy atom. The van der Waals surface area contributed by atoms with Gasteiger partial charge in [-0.05, 0) is 56.9 Å². The van der Waals surface area contributed by atoms with E-state index in [1.165, 1.54) is 11.3 Å². The molecule has 0 spiro atoms. The molecule has 0 bridgehead atoms. The van der Waals surface area contributed by atoms with E-state index >= 15 is 0 Å². The first kappa shape index (κ1) is 15.7. The molecule has 0 aromatic carbocycles. The molecular weight excluding hydrogens is 288 g/mol. The number of likely N-dealkylation sites (tertiary alicyclic amines) is 1. The number of pyridine rings is 1. The number of aryl methyl sites for hydroxylation is 3. The Morgan fingerprint density at radius 1 is 1.30 bits per heavy atom. The third kappa shape index (κ3) is 3.78. The summed E-state index contributed by atoms with van der Waals surface area (Å²) in [6.45, 7) is 5.76. The van der Waals surface area contributed by atoms with Gasteiger partial charge in [0.25, 0.3) is 0 Å². The summed E-state index contributed by atoms with van der Waals surface area (Å²) in [5.74, 6) is 0.255. The lowest BCUT2D eigenvalue weighted by atomic mass is 10.1. The lowest BCUT2D eigenvalue weighted by molar-refractivity contribution is -0.132. The fourth-order valence-electron chi connectivity index (χ4n) is 3.36. The van der Waals surface area contributed by atoms with Crippen LogP contribution in [0.2, 0.25) is 0 Å². The molecule has 1 amide bonds. The van der Waals surface area contributed by atoms with Gasteiger partial charge in [-0.3, -0.25) is 14.5 Å². The SMILES string of the molecule is Cc1cc(C)n(C[C@@H]2CCCN2C(=O)CCc2ccncc2)n1. The van der Waals surface area contributed by atoms with Crippen molar-refractivity contribution in [2.24, 2.45) is 0 Å². The summed E-state index contributed by atoms with van der Waals surface area (Å²) in [4.78, 5) is 18.7. The van der Waals surface area contributed by atoms with Crippen molar-refractivity contribution in [3.8, 4) is 0 Å². The average molecular weight is 312 g/mol. The van der Waals surface area contributed by atoms with Gasteiger partial charge in [0, 0.05) is 31.1 Å². The van der Waals surface area contributed by atoms with Crippen LogP contribution in [-0.2, 0) is 17.8 Å². The summed E-state index contributed by atoms with van der Waals surface area (Å²) >= 11 is 0. The molecule has 2 aromatic heterocycles. The van der Waals surface area contributed by atoms with E-state index in [1.54, 1.807) is 12.4 Å². The summed E-state index contributed by atoms with van der Waals surface area (Å²) in [7, 11) is 0. The molecular formula is C18H24N4O. The van der Waals surface area contributed by atoms with Crippen LogP contribution in [0.4, 0.5) is 0 Å². The Labute approximate surface area is 137 Å². The van der Waals surface area contributed by atoms with E-state index in [0.29, 0.717) is 6.42 Å². The van der Waals surface area contributed by atoms with Crippen molar-refractivity contribution in [2.75, 3.05) is 6.54 Å². The Kier molecular flexibility index (Phi) is 4.74. The van der Waals surface area contributed by atoms with Gasteiger partial charge in [-0.25, -0.2) is 0 Å². The molecule has 1 fully saturated rings. The van der Waals surface area contributed by atoms with Gasteiger partial charge < -0.3 is 4.90 Å². The molecule has 5 heteroatoms. The smallest absolute Gasteiger partial charge is 0.223 e. The van der Waals surface area contributed by atoms with Crippen LogP contribution in [0, 0.1) is 13.8 Å². The number of amides is 1. The molecule has 0 aliphatic carbocycles. The van der Waals surface area contributed by atoms with E-state index in [-0.39, 0.29) is 11.9 Å². The van der Waals surface area contributed by atoms with Crippen LogP contribution < -0.4 is 0 Å². The summed E-state index contributed by atoms with van der Waals surface area (Å²) in [5.41, 5.74) is 3.37. The van der Waals surface area contributed by atoms with Crippen LogP contribution in [-0.4, -0.2) is 38.2 Å². The van der Waals surface area contributed by atoms with Crippen molar-refractivity contribution < 1.29 is 4.79 Å². The third-order valence-corrected chi connectivity index (χ3v) is 4.56. The zero-order valence-electron chi connectivity index (χ0n) is 13.9. The van der Waals surface area contributed by atoms with Gasteiger partial charge in [0.1, 0.15) is 0 Å². The first-order valence-electron chi connectivity index (χ1n) is 8.33. The largest absolute Gasteiger partial charge is 0.338 e. The predicted molar refractivity (Wildman–Crippen MR) is 89.0 cm³/mol. The summed E-state index contributed by atoms with van der Waals surface area (Å²) in [5, 5.41) is 4.53. The quantitative estimate of drug-likeness (QED) is 0.852. The molecule has 0 radical (unpaired) electrons. The molecule has 3 rings (SSSR count). The first-order chi connectivity index (χ1) is 11.1. The van der Waals surface area contributed by atoms with E-state index < -0.39 is 0 Å². The molecule has 122 valence electrons. The topological polar surface area (TPSA) is 51.0 Å². The van der Waals surface area contributed by atoms with Crippen molar-refractivity contribution in [1.82, 2.24) is 19.7 Å². The van der Waals surface area contributed by atoms with Gasteiger partial charge in [-0.1, -0.05) is 0 Å². The first-order valence-corrected chi connectivity index (χ1v) is 8.33. The maximum Gasteiger partial charge on any atom is 0.223 e. The molecule has 0 saturated carbocycles. The number of carbonyl (C=O) groups is 1. The average Bonchev–Trinajstić information content (AvgIpc) is 3.13. The van der Waals surface area contributed by atoms with E-state index in [2.05, 4.69) is 28.0 Å². The highest BCUT2D eigenvalue weighted by Crippen LogP contribution is 2.21. The van der Waals surface area contributed by atoms with Gasteiger partial charge in [-0.2, -0.15) is 5.10 Å². The van der Waals surface area contributed by atoms with E-state index in [1.807, 2.05) is 23.7 Å². The molecule has 23 heavy (non-hydrogen) atoms. The monoisotopic (exact) mass is 312 g/mol. The van der Waals surface area contributed by atoms with E-state index in [0.717, 1.165) is 38.0 Å². The second-order valence-electron chi connectivity index (χ2n) is 6.35. The minimum atomic E-state index is 0.255. The lowest BCUT2D eigenvalue weighted by Gasteiger charge is -2.25.